The third-order valence-electron chi connectivity index (χ3n) is 4.35. The number of benzene rings is 1. The lowest BCUT2D eigenvalue weighted by Gasteiger charge is -2.28. The molecule has 130 valence electrons. The Balaban J connectivity index is 2.79. The highest BCUT2D eigenvalue weighted by Gasteiger charge is 2.40. The summed E-state index contributed by atoms with van der Waals surface area (Å²) in [6.07, 6.45) is 2.41. The molecule has 0 unspecified atom stereocenters. The van der Waals surface area contributed by atoms with Crippen molar-refractivity contribution >= 4 is 16.7 Å². The predicted molar refractivity (Wildman–Crippen MR) is 91.4 cm³/mol. The molecule has 0 saturated heterocycles. The molecule has 1 aromatic carbocycles. The number of nitrogens with two attached hydrogens (primary N) is 1. The van der Waals surface area contributed by atoms with Gasteiger partial charge in [-0.15, -0.1) is 0 Å². The fourth-order valence-electron chi connectivity index (χ4n) is 3.23. The van der Waals surface area contributed by atoms with E-state index in [1.807, 2.05) is 13.8 Å². The predicted octanol–water partition coefficient (Wildman–Crippen LogP) is 2.83. The molecule has 0 radical (unpaired) electrons. The Morgan fingerprint density at radius 2 is 1.88 bits per heavy atom. The molecule has 3 N–H and O–H groups in total. The molecule has 0 aliphatic heterocycles. The molecule has 0 aliphatic carbocycles. The third-order valence-corrected chi connectivity index (χ3v) is 4.35. The Morgan fingerprint density at radius 1 is 1.25 bits per heavy atom. The first-order valence-corrected chi connectivity index (χ1v) is 8.04. The SMILES string of the molecule is CCCC(CCC)(C(N)=O)c1cc2cc(OC)cc(O)c2c(=O)o1. The number of fused-ring (bicyclic) bond motifs is 1. The average molecular weight is 333 g/mol. The molecule has 0 fully saturated rings. The van der Waals surface area contributed by atoms with Gasteiger partial charge in [0.1, 0.15) is 28.1 Å². The van der Waals surface area contributed by atoms with Gasteiger partial charge >= 0.3 is 5.63 Å². The molecule has 0 atom stereocenters. The monoisotopic (exact) mass is 333 g/mol. The normalized spacial score (nSPS) is 11.6. The van der Waals surface area contributed by atoms with Crippen LogP contribution in [0.25, 0.3) is 10.8 Å². The smallest absolute Gasteiger partial charge is 0.347 e. The molecule has 6 heteroatoms. The standard InChI is InChI=1S/C18H23NO5/c1-4-6-18(7-5-2,17(19)22)14-9-11-8-12(23-3)10-13(20)15(11)16(21)24-14/h8-10,20H,4-7H2,1-3H3,(H2,19,22). The number of ether oxygens (including phenoxy) is 1. The molecule has 6 nitrogen and oxygen atoms in total. The van der Waals surface area contributed by atoms with Crippen molar-refractivity contribution in [2.45, 2.75) is 44.9 Å². The van der Waals surface area contributed by atoms with E-state index >= 15 is 0 Å². The van der Waals surface area contributed by atoms with E-state index in [4.69, 9.17) is 14.9 Å². The summed E-state index contributed by atoms with van der Waals surface area (Å²) in [5.41, 5.74) is 3.95. The molecule has 0 aliphatic rings. The number of phenols is 1. The summed E-state index contributed by atoms with van der Waals surface area (Å²) >= 11 is 0. The first kappa shape index (κ1) is 17.8. The molecular weight excluding hydrogens is 310 g/mol. The fourth-order valence-corrected chi connectivity index (χ4v) is 3.23. The van der Waals surface area contributed by atoms with Gasteiger partial charge in [0.2, 0.25) is 5.91 Å². The van der Waals surface area contributed by atoms with Gasteiger partial charge in [-0.05, 0) is 30.4 Å². The summed E-state index contributed by atoms with van der Waals surface area (Å²) in [6, 6.07) is 4.58. The van der Waals surface area contributed by atoms with Crippen LogP contribution in [-0.4, -0.2) is 18.1 Å². The second kappa shape index (κ2) is 6.95. The Bertz CT molecular complexity index is 803. The van der Waals surface area contributed by atoms with Crippen LogP contribution in [0.15, 0.2) is 27.4 Å². The highest BCUT2D eigenvalue weighted by atomic mass is 16.5. The van der Waals surface area contributed by atoms with Gasteiger partial charge in [-0.3, -0.25) is 4.79 Å². The maximum Gasteiger partial charge on any atom is 0.347 e. The largest absolute Gasteiger partial charge is 0.507 e. The van der Waals surface area contributed by atoms with Crippen LogP contribution in [0.3, 0.4) is 0 Å². The van der Waals surface area contributed by atoms with Crippen molar-refractivity contribution in [1.29, 1.82) is 0 Å². The number of hydrogen-bond donors (Lipinski definition) is 2. The molecule has 1 heterocycles. The van der Waals surface area contributed by atoms with Gasteiger partial charge in [0.25, 0.3) is 0 Å². The number of primary amides is 1. The number of phenolic OH excluding ortho intramolecular Hbond substituents is 1. The average Bonchev–Trinajstić information content (AvgIpc) is 2.53. The number of amides is 1. The molecule has 1 aromatic heterocycles. The summed E-state index contributed by atoms with van der Waals surface area (Å²) in [6.45, 7) is 3.89. The Labute approximate surface area is 140 Å². The zero-order chi connectivity index (χ0) is 17.9. The summed E-state index contributed by atoms with van der Waals surface area (Å²) < 4.78 is 10.5. The zero-order valence-corrected chi connectivity index (χ0v) is 14.2. The number of aromatic hydroxyl groups is 1. The molecule has 24 heavy (non-hydrogen) atoms. The topological polar surface area (TPSA) is 103 Å². The van der Waals surface area contributed by atoms with Gasteiger partial charge < -0.3 is 20.0 Å². The minimum absolute atomic E-state index is 0.0610. The molecule has 1 amide bonds. The van der Waals surface area contributed by atoms with E-state index in [2.05, 4.69) is 0 Å². The molecule has 0 spiro atoms. The summed E-state index contributed by atoms with van der Waals surface area (Å²) in [5, 5.41) is 10.6. The summed E-state index contributed by atoms with van der Waals surface area (Å²) in [7, 11) is 1.47. The molecule has 2 rings (SSSR count). The Kier molecular flexibility index (Phi) is 5.17. The van der Waals surface area contributed by atoms with Crippen LogP contribution in [0, 0.1) is 0 Å². The third kappa shape index (κ3) is 2.96. The van der Waals surface area contributed by atoms with Crippen LogP contribution >= 0.6 is 0 Å². The first-order chi connectivity index (χ1) is 11.4. The van der Waals surface area contributed by atoms with Crippen LogP contribution in [0.4, 0.5) is 0 Å². The van der Waals surface area contributed by atoms with E-state index in [-0.39, 0.29) is 16.9 Å². The molecule has 0 bridgehead atoms. The quantitative estimate of drug-likeness (QED) is 0.811. The highest BCUT2D eigenvalue weighted by Crippen LogP contribution is 2.37. The van der Waals surface area contributed by atoms with Crippen LogP contribution < -0.4 is 16.1 Å². The van der Waals surface area contributed by atoms with Gasteiger partial charge in [-0.2, -0.15) is 0 Å². The van der Waals surface area contributed by atoms with Gasteiger partial charge in [-0.25, -0.2) is 4.79 Å². The number of methoxy groups -OCH3 is 1. The highest BCUT2D eigenvalue weighted by molar-refractivity contribution is 5.91. The summed E-state index contributed by atoms with van der Waals surface area (Å²) in [5.74, 6) is -0.0859. The van der Waals surface area contributed by atoms with E-state index in [9.17, 15) is 14.7 Å². The lowest BCUT2D eigenvalue weighted by Crippen LogP contribution is -2.41. The molecular formula is C18H23NO5. The van der Waals surface area contributed by atoms with Crippen molar-refractivity contribution in [2.24, 2.45) is 5.73 Å². The van der Waals surface area contributed by atoms with E-state index in [1.54, 1.807) is 12.1 Å². The van der Waals surface area contributed by atoms with Crippen molar-refractivity contribution in [3.63, 3.8) is 0 Å². The lowest BCUT2D eigenvalue weighted by atomic mass is 9.76. The minimum atomic E-state index is -1.03. The fraction of sp³-hybridized carbons (Fsp3) is 0.444. The maximum atomic E-state index is 12.4. The zero-order valence-electron chi connectivity index (χ0n) is 14.2. The summed E-state index contributed by atoms with van der Waals surface area (Å²) in [4.78, 5) is 24.6. The molecule has 2 aromatic rings. The number of carbonyl (C=O) groups excluding carboxylic acids is 1. The van der Waals surface area contributed by atoms with Crippen molar-refractivity contribution in [3.8, 4) is 11.5 Å². The van der Waals surface area contributed by atoms with Gasteiger partial charge in [0.15, 0.2) is 0 Å². The van der Waals surface area contributed by atoms with Crippen LogP contribution in [-0.2, 0) is 10.2 Å². The van der Waals surface area contributed by atoms with E-state index < -0.39 is 16.9 Å². The Hall–Kier alpha value is -2.50. The van der Waals surface area contributed by atoms with Crippen LogP contribution in [0.1, 0.15) is 45.3 Å². The second-order valence-corrected chi connectivity index (χ2v) is 5.96. The lowest BCUT2D eigenvalue weighted by molar-refractivity contribution is -0.124. The Morgan fingerprint density at radius 3 is 2.38 bits per heavy atom. The number of rotatable bonds is 7. The number of carbonyl (C=O) groups is 1. The van der Waals surface area contributed by atoms with E-state index in [1.165, 1.54) is 13.2 Å². The van der Waals surface area contributed by atoms with E-state index in [0.717, 1.165) is 0 Å². The van der Waals surface area contributed by atoms with Gasteiger partial charge in [0.05, 0.1) is 7.11 Å². The second-order valence-electron chi connectivity index (χ2n) is 5.96. The van der Waals surface area contributed by atoms with Crippen molar-refractivity contribution in [2.75, 3.05) is 7.11 Å². The van der Waals surface area contributed by atoms with Crippen LogP contribution in [0.2, 0.25) is 0 Å². The maximum absolute atomic E-state index is 12.4. The first-order valence-electron chi connectivity index (χ1n) is 8.04. The van der Waals surface area contributed by atoms with Gasteiger partial charge in [0, 0.05) is 6.07 Å². The minimum Gasteiger partial charge on any atom is -0.507 e. The number of hydrogen-bond acceptors (Lipinski definition) is 5. The van der Waals surface area contributed by atoms with Crippen molar-refractivity contribution in [1.82, 2.24) is 0 Å². The van der Waals surface area contributed by atoms with Gasteiger partial charge in [-0.1, -0.05) is 26.7 Å². The van der Waals surface area contributed by atoms with E-state index in [0.29, 0.717) is 36.8 Å². The molecule has 0 saturated carbocycles. The van der Waals surface area contributed by atoms with Crippen molar-refractivity contribution in [3.05, 3.63) is 34.4 Å². The van der Waals surface area contributed by atoms with Crippen LogP contribution in [0.5, 0.6) is 11.5 Å². The van der Waals surface area contributed by atoms with Crippen molar-refractivity contribution < 1.29 is 19.1 Å².